The van der Waals surface area contributed by atoms with Crippen molar-refractivity contribution in [1.82, 2.24) is 9.81 Å². The number of aromatic amines is 1. The van der Waals surface area contributed by atoms with Gasteiger partial charge >= 0.3 is 0 Å². The number of hydrogen-bond acceptors (Lipinski definition) is 4. The highest BCUT2D eigenvalue weighted by molar-refractivity contribution is 7.07. The fourth-order valence-electron chi connectivity index (χ4n) is 0.542. The molecule has 0 aliphatic carbocycles. The summed E-state index contributed by atoms with van der Waals surface area (Å²) >= 11 is 1.15. The molecule has 6 heteroatoms. The van der Waals surface area contributed by atoms with Gasteiger partial charge in [-0.15, -0.1) is 0 Å². The summed E-state index contributed by atoms with van der Waals surface area (Å²) in [5, 5.41) is 5.24. The van der Waals surface area contributed by atoms with Gasteiger partial charge in [-0.05, 0) is 6.92 Å². The predicted octanol–water partition coefficient (Wildman–Crippen LogP) is -0.478. The summed E-state index contributed by atoms with van der Waals surface area (Å²) < 4.78 is 3.68. The van der Waals surface area contributed by atoms with Crippen molar-refractivity contribution in [3.8, 4) is 0 Å². The van der Waals surface area contributed by atoms with Crippen molar-refractivity contribution < 1.29 is 14.7 Å². The van der Waals surface area contributed by atoms with Crippen LogP contribution in [0.15, 0.2) is 6.20 Å². The lowest BCUT2D eigenvalue weighted by molar-refractivity contribution is -0.443. The number of nitrogens with zero attached hydrogens (tertiary/aromatic N) is 1. The zero-order chi connectivity index (χ0) is 9.40. The Morgan fingerprint density at radius 1 is 1.83 bits per heavy atom. The Kier molecular flexibility index (Phi) is 5.72. The van der Waals surface area contributed by atoms with Gasteiger partial charge in [0.25, 0.3) is 5.91 Å². The van der Waals surface area contributed by atoms with Crippen LogP contribution in [0.4, 0.5) is 0 Å². The minimum absolute atomic E-state index is 0.0683. The molecule has 1 aromatic rings. The van der Waals surface area contributed by atoms with Crippen molar-refractivity contribution in [3.63, 3.8) is 0 Å². The van der Waals surface area contributed by atoms with E-state index in [1.54, 1.807) is 6.20 Å². The standard InChI is InChI=1S/C5H7N3OS.CH2O/c1-2-6-5(9)4-3-7-8-10-4;1-2/h3H,2H2,1H3,(H,6,9);1H2/p+1. The van der Waals surface area contributed by atoms with Crippen molar-refractivity contribution in [2.45, 2.75) is 6.92 Å². The largest absolute Gasteiger partial charge is 0.351 e. The van der Waals surface area contributed by atoms with Crippen LogP contribution in [0.3, 0.4) is 0 Å². The molecule has 0 radical (unpaired) electrons. The number of carbonyl (C=O) groups excluding carboxylic acids is 2. The van der Waals surface area contributed by atoms with E-state index in [1.807, 2.05) is 13.7 Å². The monoisotopic (exact) mass is 188 g/mol. The lowest BCUT2D eigenvalue weighted by atomic mass is 10.5. The molecule has 1 aromatic heterocycles. The van der Waals surface area contributed by atoms with E-state index in [9.17, 15) is 4.79 Å². The highest BCUT2D eigenvalue weighted by Gasteiger charge is 2.08. The van der Waals surface area contributed by atoms with Crippen LogP contribution in [0.5, 0.6) is 0 Å². The summed E-state index contributed by atoms with van der Waals surface area (Å²) in [5.74, 6) is -0.0683. The molecule has 1 heterocycles. The molecule has 0 saturated carbocycles. The van der Waals surface area contributed by atoms with Gasteiger partial charge in [0.05, 0.1) is 4.49 Å². The molecular weight excluding hydrogens is 178 g/mol. The minimum atomic E-state index is -0.0683. The normalized spacial score (nSPS) is 8.08. The van der Waals surface area contributed by atoms with Gasteiger partial charge < -0.3 is 10.1 Å². The Bertz CT molecular complexity index is 225. The molecular formula is C6H10N3O2S+. The Morgan fingerprint density at radius 2 is 2.50 bits per heavy atom. The average Bonchev–Trinajstić information content (AvgIpc) is 2.60. The fourth-order valence-corrected chi connectivity index (χ4v) is 1.01. The van der Waals surface area contributed by atoms with Gasteiger partial charge in [0.15, 0.2) is 4.88 Å². The van der Waals surface area contributed by atoms with E-state index >= 15 is 0 Å². The van der Waals surface area contributed by atoms with Crippen LogP contribution >= 0.6 is 11.5 Å². The van der Waals surface area contributed by atoms with Gasteiger partial charge in [-0.3, -0.25) is 4.79 Å². The number of rotatable bonds is 2. The van der Waals surface area contributed by atoms with Crippen LogP contribution in [0.25, 0.3) is 0 Å². The van der Waals surface area contributed by atoms with Crippen LogP contribution in [-0.2, 0) is 4.79 Å². The minimum Gasteiger partial charge on any atom is -0.351 e. The molecule has 0 aliphatic rings. The van der Waals surface area contributed by atoms with Crippen LogP contribution < -0.4 is 10.4 Å². The fraction of sp³-hybridized carbons (Fsp3) is 0.333. The maximum absolute atomic E-state index is 10.9. The number of amides is 1. The van der Waals surface area contributed by atoms with Gasteiger partial charge in [-0.25, -0.2) is 0 Å². The van der Waals surface area contributed by atoms with Crippen LogP contribution in [0.2, 0.25) is 0 Å². The molecule has 0 fully saturated rings. The van der Waals surface area contributed by atoms with E-state index in [2.05, 4.69) is 14.9 Å². The van der Waals surface area contributed by atoms with Crippen LogP contribution in [0, 0.1) is 0 Å². The second-order valence-corrected chi connectivity index (χ2v) is 2.48. The molecule has 1 amide bonds. The molecule has 2 N–H and O–H groups in total. The second kappa shape index (κ2) is 6.41. The molecule has 5 nitrogen and oxygen atoms in total. The zero-order valence-electron chi connectivity index (χ0n) is 6.66. The van der Waals surface area contributed by atoms with E-state index in [0.717, 1.165) is 11.5 Å². The smallest absolute Gasteiger partial charge is 0.269 e. The van der Waals surface area contributed by atoms with E-state index in [1.165, 1.54) is 0 Å². The molecule has 0 bridgehead atoms. The maximum atomic E-state index is 10.9. The van der Waals surface area contributed by atoms with E-state index in [4.69, 9.17) is 4.79 Å². The molecule has 0 atom stereocenters. The Labute approximate surface area is 74.0 Å². The molecule has 1 rings (SSSR count). The Hall–Kier alpha value is -1.30. The number of aromatic nitrogens is 2. The third kappa shape index (κ3) is 3.20. The average molecular weight is 188 g/mol. The molecule has 0 saturated heterocycles. The number of hydrogen-bond donors (Lipinski definition) is 1. The maximum Gasteiger partial charge on any atom is 0.269 e. The van der Waals surface area contributed by atoms with E-state index < -0.39 is 0 Å². The highest BCUT2D eigenvalue weighted by atomic mass is 32.1. The highest BCUT2D eigenvalue weighted by Crippen LogP contribution is 1.97. The summed E-state index contributed by atoms with van der Waals surface area (Å²) in [6, 6.07) is 0. The van der Waals surface area contributed by atoms with Crippen molar-refractivity contribution in [3.05, 3.63) is 11.1 Å². The van der Waals surface area contributed by atoms with Gasteiger partial charge in [0.2, 0.25) is 6.20 Å². The first kappa shape index (κ1) is 10.7. The summed E-state index contributed by atoms with van der Waals surface area (Å²) in [5.41, 5.74) is 0. The van der Waals surface area contributed by atoms with E-state index in [-0.39, 0.29) is 5.91 Å². The lowest BCUT2D eigenvalue weighted by Crippen LogP contribution is -2.21. The summed E-state index contributed by atoms with van der Waals surface area (Å²) in [6.45, 7) is 4.53. The second-order valence-electron chi connectivity index (χ2n) is 1.68. The van der Waals surface area contributed by atoms with Crippen molar-refractivity contribution >= 4 is 24.2 Å². The predicted molar refractivity (Wildman–Crippen MR) is 43.8 cm³/mol. The quantitative estimate of drug-likeness (QED) is 0.681. The molecule has 66 valence electrons. The van der Waals surface area contributed by atoms with Crippen molar-refractivity contribution in [1.29, 1.82) is 0 Å². The third-order valence-corrected chi connectivity index (χ3v) is 1.65. The summed E-state index contributed by atoms with van der Waals surface area (Å²) in [6.07, 6.45) is 1.58. The molecule has 0 spiro atoms. The topological polar surface area (TPSA) is 73.2 Å². The molecule has 0 aromatic carbocycles. The van der Waals surface area contributed by atoms with Gasteiger partial charge in [0.1, 0.15) is 6.79 Å². The first-order valence-electron chi connectivity index (χ1n) is 3.24. The summed E-state index contributed by atoms with van der Waals surface area (Å²) in [7, 11) is 0. The van der Waals surface area contributed by atoms with Gasteiger partial charge in [0, 0.05) is 18.1 Å². The first-order valence-corrected chi connectivity index (χ1v) is 4.01. The van der Waals surface area contributed by atoms with Gasteiger partial charge in [-0.2, -0.15) is 0 Å². The lowest BCUT2D eigenvalue weighted by Gasteiger charge is -1.92. The third-order valence-electron chi connectivity index (χ3n) is 0.953. The van der Waals surface area contributed by atoms with Crippen molar-refractivity contribution in [2.24, 2.45) is 0 Å². The first-order chi connectivity index (χ1) is 5.84. The SMILES string of the molecule is C=O.CCNC(=O)c1c[nH+]ns1. The van der Waals surface area contributed by atoms with Gasteiger partial charge in [-0.1, -0.05) is 5.10 Å². The molecule has 12 heavy (non-hydrogen) atoms. The molecule has 0 aliphatic heterocycles. The number of carbonyl (C=O) groups is 2. The number of nitrogens with one attached hydrogen (secondary N) is 2. The van der Waals surface area contributed by atoms with Crippen molar-refractivity contribution in [2.75, 3.05) is 6.54 Å². The summed E-state index contributed by atoms with van der Waals surface area (Å²) in [4.78, 5) is 19.6. The molecule has 0 unspecified atom stereocenters. The zero-order valence-corrected chi connectivity index (χ0v) is 7.48. The number of H-pyrrole nitrogens is 1. The Morgan fingerprint density at radius 3 is 2.92 bits per heavy atom. The van der Waals surface area contributed by atoms with E-state index in [0.29, 0.717) is 11.4 Å². The Balaban J connectivity index is 0.000000561. The van der Waals surface area contributed by atoms with Crippen LogP contribution in [0.1, 0.15) is 16.6 Å². The van der Waals surface area contributed by atoms with Crippen LogP contribution in [-0.4, -0.2) is 23.7 Å².